The van der Waals surface area contributed by atoms with Crippen LogP contribution in [0.5, 0.6) is 0 Å². The smallest absolute Gasteiger partial charge is 0.298 e. The normalized spacial score (nSPS) is 11.9. The van der Waals surface area contributed by atoms with Crippen molar-refractivity contribution in [2.75, 3.05) is 5.32 Å². The van der Waals surface area contributed by atoms with Crippen LogP contribution in [0, 0.1) is 0 Å². The number of aromatic nitrogens is 1. The fraction of sp³-hybridized carbons (Fsp3) is 0.111. The Balaban J connectivity index is 1.70. The summed E-state index contributed by atoms with van der Waals surface area (Å²) in [6.07, 6.45) is 0.0638. The SMILES string of the molecule is O=C(/C=C/c1cccs1)Nc1ncc(Cc2cc(Cl)ccc2C(F)(F)F)s1. The molecule has 0 aliphatic rings. The summed E-state index contributed by atoms with van der Waals surface area (Å²) < 4.78 is 39.4. The highest BCUT2D eigenvalue weighted by atomic mass is 35.5. The Morgan fingerprint density at radius 3 is 2.81 bits per heavy atom. The largest absolute Gasteiger partial charge is 0.416 e. The Morgan fingerprint density at radius 1 is 1.30 bits per heavy atom. The van der Waals surface area contributed by atoms with E-state index in [4.69, 9.17) is 11.6 Å². The maximum Gasteiger partial charge on any atom is 0.416 e. The summed E-state index contributed by atoms with van der Waals surface area (Å²) in [5, 5.41) is 5.06. The standard InChI is InChI=1S/C18H12ClF3N2OS2/c19-12-3-5-15(18(20,21)22)11(8-12)9-14-10-23-17(27-14)24-16(25)6-4-13-2-1-7-26-13/h1-8,10H,9H2,(H,23,24,25)/b6-4+. The molecule has 0 saturated carbocycles. The molecule has 0 aliphatic carbocycles. The minimum Gasteiger partial charge on any atom is -0.298 e. The van der Waals surface area contributed by atoms with Crippen LogP contribution in [0.2, 0.25) is 5.02 Å². The van der Waals surface area contributed by atoms with Crippen LogP contribution in [0.25, 0.3) is 6.08 Å². The van der Waals surface area contributed by atoms with E-state index in [-0.39, 0.29) is 22.9 Å². The van der Waals surface area contributed by atoms with Crippen molar-refractivity contribution in [3.8, 4) is 0 Å². The number of hydrogen-bond acceptors (Lipinski definition) is 4. The molecule has 1 aromatic carbocycles. The number of thiazole rings is 1. The molecule has 0 bridgehead atoms. The molecule has 3 rings (SSSR count). The summed E-state index contributed by atoms with van der Waals surface area (Å²) in [6, 6.07) is 7.23. The molecule has 3 nitrogen and oxygen atoms in total. The maximum atomic E-state index is 13.1. The highest BCUT2D eigenvalue weighted by Gasteiger charge is 2.33. The number of carbonyl (C=O) groups is 1. The summed E-state index contributed by atoms with van der Waals surface area (Å²) in [5.41, 5.74) is -0.668. The van der Waals surface area contributed by atoms with Crippen LogP contribution in [0.4, 0.5) is 18.3 Å². The topological polar surface area (TPSA) is 42.0 Å². The second-order valence-electron chi connectivity index (χ2n) is 5.45. The number of benzene rings is 1. The zero-order valence-electron chi connectivity index (χ0n) is 13.6. The Morgan fingerprint density at radius 2 is 2.11 bits per heavy atom. The van der Waals surface area contributed by atoms with Crippen LogP contribution in [0.3, 0.4) is 0 Å². The lowest BCUT2D eigenvalue weighted by molar-refractivity contribution is -0.138. The zero-order chi connectivity index (χ0) is 19.4. The molecule has 0 spiro atoms. The lowest BCUT2D eigenvalue weighted by Gasteiger charge is -2.12. The number of nitrogens with one attached hydrogen (secondary N) is 1. The van der Waals surface area contributed by atoms with Crippen molar-refractivity contribution in [3.63, 3.8) is 0 Å². The maximum absolute atomic E-state index is 13.1. The minimum absolute atomic E-state index is 0.0218. The van der Waals surface area contributed by atoms with Crippen LogP contribution >= 0.6 is 34.3 Å². The Kier molecular flexibility index (Phi) is 5.98. The summed E-state index contributed by atoms with van der Waals surface area (Å²) in [4.78, 5) is 17.5. The average Bonchev–Trinajstić information content (AvgIpc) is 3.24. The average molecular weight is 429 g/mol. The van der Waals surface area contributed by atoms with Crippen LogP contribution in [0.15, 0.2) is 48.0 Å². The van der Waals surface area contributed by atoms with Gasteiger partial charge in [-0.2, -0.15) is 13.2 Å². The number of anilines is 1. The van der Waals surface area contributed by atoms with Gasteiger partial charge in [-0.25, -0.2) is 4.98 Å². The number of rotatable bonds is 5. The first kappa shape index (κ1) is 19.6. The van der Waals surface area contributed by atoms with E-state index in [1.165, 1.54) is 35.7 Å². The van der Waals surface area contributed by atoms with Crippen molar-refractivity contribution >= 4 is 51.4 Å². The van der Waals surface area contributed by atoms with Crippen molar-refractivity contribution in [1.82, 2.24) is 4.98 Å². The third kappa shape index (κ3) is 5.41. The van der Waals surface area contributed by atoms with Crippen molar-refractivity contribution in [1.29, 1.82) is 0 Å². The number of halogens is 4. The monoisotopic (exact) mass is 428 g/mol. The van der Waals surface area contributed by atoms with Crippen LogP contribution < -0.4 is 5.32 Å². The second kappa shape index (κ2) is 8.24. The van der Waals surface area contributed by atoms with Gasteiger partial charge in [0.15, 0.2) is 5.13 Å². The van der Waals surface area contributed by atoms with Crippen LogP contribution in [-0.2, 0) is 17.4 Å². The van der Waals surface area contributed by atoms with Crippen molar-refractivity contribution < 1.29 is 18.0 Å². The number of alkyl halides is 3. The highest BCUT2D eigenvalue weighted by Crippen LogP contribution is 2.35. The van der Waals surface area contributed by atoms with Crippen LogP contribution in [0.1, 0.15) is 20.9 Å². The molecule has 1 N–H and O–H groups in total. The molecular formula is C18H12ClF3N2OS2. The molecular weight excluding hydrogens is 417 g/mol. The summed E-state index contributed by atoms with van der Waals surface area (Å²) in [7, 11) is 0. The first-order chi connectivity index (χ1) is 12.8. The molecule has 0 fully saturated rings. The molecule has 0 aliphatic heterocycles. The fourth-order valence-electron chi connectivity index (χ4n) is 2.31. The predicted molar refractivity (Wildman–Crippen MR) is 103 cm³/mol. The Bertz CT molecular complexity index is 965. The van der Waals surface area contributed by atoms with Gasteiger partial charge in [0.25, 0.3) is 0 Å². The molecule has 2 heterocycles. The first-order valence-electron chi connectivity index (χ1n) is 7.64. The van der Waals surface area contributed by atoms with E-state index in [0.717, 1.165) is 22.3 Å². The number of nitrogens with zero attached hydrogens (tertiary/aromatic N) is 1. The van der Waals surface area contributed by atoms with Gasteiger partial charge in [0.05, 0.1) is 5.56 Å². The molecule has 0 saturated heterocycles. The van der Waals surface area contributed by atoms with Gasteiger partial charge in [-0.3, -0.25) is 10.1 Å². The molecule has 0 unspecified atom stereocenters. The number of hydrogen-bond donors (Lipinski definition) is 1. The number of carbonyl (C=O) groups excluding carboxylic acids is 1. The van der Waals surface area contributed by atoms with Gasteiger partial charge in [-0.15, -0.1) is 22.7 Å². The van der Waals surface area contributed by atoms with E-state index in [9.17, 15) is 18.0 Å². The van der Waals surface area contributed by atoms with Crippen molar-refractivity contribution in [3.05, 3.63) is 73.9 Å². The molecule has 140 valence electrons. The molecule has 0 radical (unpaired) electrons. The Hall–Kier alpha value is -2.16. The third-order valence-electron chi connectivity index (χ3n) is 3.46. The van der Waals surface area contributed by atoms with Gasteiger partial charge in [-0.1, -0.05) is 17.7 Å². The summed E-state index contributed by atoms with van der Waals surface area (Å²) in [6.45, 7) is 0. The molecule has 3 aromatic rings. The fourth-order valence-corrected chi connectivity index (χ4v) is 3.96. The molecule has 1 amide bonds. The second-order valence-corrected chi connectivity index (χ2v) is 7.98. The quantitative estimate of drug-likeness (QED) is 0.497. The van der Waals surface area contributed by atoms with E-state index in [2.05, 4.69) is 10.3 Å². The Labute approximate surface area is 166 Å². The molecule has 2 aromatic heterocycles. The lowest BCUT2D eigenvalue weighted by Crippen LogP contribution is -2.09. The zero-order valence-corrected chi connectivity index (χ0v) is 16.0. The van der Waals surface area contributed by atoms with Gasteiger partial charge in [0.1, 0.15) is 0 Å². The van der Waals surface area contributed by atoms with Gasteiger partial charge in [0.2, 0.25) is 5.91 Å². The van der Waals surface area contributed by atoms with Gasteiger partial charge < -0.3 is 0 Å². The molecule has 0 atom stereocenters. The van der Waals surface area contributed by atoms with Crippen LogP contribution in [-0.4, -0.2) is 10.9 Å². The van der Waals surface area contributed by atoms with Gasteiger partial charge in [0, 0.05) is 33.5 Å². The predicted octanol–water partition coefficient (Wildman–Crippen LogP) is 6.12. The summed E-state index contributed by atoms with van der Waals surface area (Å²) >= 11 is 8.46. The van der Waals surface area contributed by atoms with E-state index in [1.54, 1.807) is 6.08 Å². The van der Waals surface area contributed by atoms with Gasteiger partial charge in [-0.05, 0) is 41.3 Å². The van der Waals surface area contributed by atoms with Crippen molar-refractivity contribution in [2.45, 2.75) is 12.6 Å². The third-order valence-corrected chi connectivity index (χ3v) is 5.45. The van der Waals surface area contributed by atoms with E-state index in [1.807, 2.05) is 17.5 Å². The molecule has 9 heteroatoms. The number of thiophene rings is 1. The highest BCUT2D eigenvalue weighted by molar-refractivity contribution is 7.15. The number of amides is 1. The minimum atomic E-state index is -4.46. The first-order valence-corrected chi connectivity index (χ1v) is 9.71. The van der Waals surface area contributed by atoms with E-state index < -0.39 is 11.7 Å². The van der Waals surface area contributed by atoms with E-state index >= 15 is 0 Å². The van der Waals surface area contributed by atoms with Crippen molar-refractivity contribution in [2.24, 2.45) is 0 Å². The summed E-state index contributed by atoms with van der Waals surface area (Å²) in [5.74, 6) is -0.358. The molecule has 27 heavy (non-hydrogen) atoms. The lowest BCUT2D eigenvalue weighted by atomic mass is 10.0. The van der Waals surface area contributed by atoms with Gasteiger partial charge >= 0.3 is 6.18 Å². The van der Waals surface area contributed by atoms with E-state index in [0.29, 0.717) is 10.0 Å².